The molecule has 2 aliphatic heterocycles. The van der Waals surface area contributed by atoms with Gasteiger partial charge < -0.3 is 19.3 Å². The Bertz CT molecular complexity index is 801. The highest BCUT2D eigenvalue weighted by atomic mass is 16.5. The van der Waals surface area contributed by atoms with Crippen molar-refractivity contribution in [2.24, 2.45) is 11.8 Å². The summed E-state index contributed by atoms with van der Waals surface area (Å²) in [5.74, 6) is 1.02. The van der Waals surface area contributed by atoms with Gasteiger partial charge in [-0.25, -0.2) is 0 Å². The average molecular weight is 445 g/mol. The van der Waals surface area contributed by atoms with Crippen LogP contribution in [0.15, 0.2) is 24.3 Å². The summed E-state index contributed by atoms with van der Waals surface area (Å²) in [4.78, 5) is 41.5. The van der Waals surface area contributed by atoms with E-state index in [1.807, 2.05) is 18.2 Å². The molecule has 2 aliphatic rings. The van der Waals surface area contributed by atoms with Crippen molar-refractivity contribution >= 4 is 17.6 Å². The molecule has 7 nitrogen and oxygen atoms in total. The van der Waals surface area contributed by atoms with E-state index in [1.165, 1.54) is 7.11 Å². The maximum absolute atomic E-state index is 13.3. The summed E-state index contributed by atoms with van der Waals surface area (Å²) in [7, 11) is 1.52. The summed E-state index contributed by atoms with van der Waals surface area (Å²) in [6, 6.07) is 7.35. The summed E-state index contributed by atoms with van der Waals surface area (Å²) < 4.78 is 11.2. The number of ether oxygens (including phenoxy) is 2. The summed E-state index contributed by atoms with van der Waals surface area (Å²) >= 11 is 0. The fourth-order valence-electron chi connectivity index (χ4n) is 4.53. The average Bonchev–Trinajstić information content (AvgIpc) is 2.79. The van der Waals surface area contributed by atoms with Crippen LogP contribution in [0.25, 0.3) is 0 Å². The second-order valence-electron chi connectivity index (χ2n) is 9.28. The van der Waals surface area contributed by atoms with E-state index in [0.29, 0.717) is 62.7 Å². The molecule has 2 saturated heterocycles. The molecule has 1 aromatic rings. The molecule has 2 heterocycles. The Kier molecular flexibility index (Phi) is 8.67. The van der Waals surface area contributed by atoms with Crippen molar-refractivity contribution in [2.75, 3.05) is 39.9 Å². The minimum Gasteiger partial charge on any atom is -0.489 e. The highest BCUT2D eigenvalue weighted by Gasteiger charge is 2.31. The van der Waals surface area contributed by atoms with E-state index in [-0.39, 0.29) is 36.2 Å². The van der Waals surface area contributed by atoms with Crippen LogP contribution in [0, 0.1) is 11.8 Å². The van der Waals surface area contributed by atoms with Crippen LogP contribution in [0.4, 0.5) is 0 Å². The number of methoxy groups -OCH3 is 1. The van der Waals surface area contributed by atoms with E-state index in [2.05, 4.69) is 13.8 Å². The molecular formula is C25H36N2O5. The first kappa shape index (κ1) is 24.2. The van der Waals surface area contributed by atoms with Crippen LogP contribution in [0.5, 0.6) is 5.75 Å². The Morgan fingerprint density at radius 3 is 2.44 bits per heavy atom. The molecule has 7 heteroatoms. The number of piperidine rings is 2. The molecule has 0 radical (unpaired) electrons. The number of hydrogen-bond donors (Lipinski definition) is 0. The van der Waals surface area contributed by atoms with Gasteiger partial charge in [-0.2, -0.15) is 0 Å². The smallest absolute Gasteiger partial charge is 0.257 e. The molecular weight excluding hydrogens is 408 g/mol. The van der Waals surface area contributed by atoms with E-state index >= 15 is 0 Å². The van der Waals surface area contributed by atoms with Gasteiger partial charge in [0.2, 0.25) is 5.91 Å². The van der Waals surface area contributed by atoms with Crippen molar-refractivity contribution in [3.05, 3.63) is 29.8 Å². The van der Waals surface area contributed by atoms with Crippen molar-refractivity contribution in [2.45, 2.75) is 52.1 Å². The zero-order chi connectivity index (χ0) is 23.1. The number of carbonyl (C=O) groups excluding carboxylic acids is 3. The Morgan fingerprint density at radius 1 is 1.03 bits per heavy atom. The largest absolute Gasteiger partial charge is 0.489 e. The van der Waals surface area contributed by atoms with Crippen molar-refractivity contribution in [3.8, 4) is 5.75 Å². The fraction of sp³-hybridized carbons (Fsp3) is 0.640. The van der Waals surface area contributed by atoms with Gasteiger partial charge in [-0.1, -0.05) is 26.0 Å². The second kappa shape index (κ2) is 11.5. The predicted octanol–water partition coefficient (Wildman–Crippen LogP) is 3.17. The van der Waals surface area contributed by atoms with Gasteiger partial charge in [0.1, 0.15) is 24.2 Å². The zero-order valence-electron chi connectivity index (χ0n) is 19.5. The molecule has 0 saturated carbocycles. The van der Waals surface area contributed by atoms with Crippen LogP contribution in [-0.4, -0.2) is 73.4 Å². The van der Waals surface area contributed by atoms with E-state index in [4.69, 9.17) is 9.47 Å². The lowest BCUT2D eigenvalue weighted by Gasteiger charge is -2.34. The van der Waals surface area contributed by atoms with Crippen molar-refractivity contribution in [1.82, 2.24) is 9.80 Å². The first-order chi connectivity index (χ1) is 15.4. The third-order valence-electron chi connectivity index (χ3n) is 6.25. The predicted molar refractivity (Wildman–Crippen MR) is 122 cm³/mol. The molecule has 1 aromatic carbocycles. The Labute approximate surface area is 191 Å². The molecule has 0 spiro atoms. The van der Waals surface area contributed by atoms with Crippen molar-refractivity contribution < 1.29 is 23.9 Å². The number of likely N-dealkylation sites (tertiary alicyclic amines) is 2. The van der Waals surface area contributed by atoms with Crippen LogP contribution in [0.3, 0.4) is 0 Å². The number of para-hydroxylation sites is 1. The molecule has 0 aromatic heterocycles. The maximum atomic E-state index is 13.3. The van der Waals surface area contributed by atoms with Gasteiger partial charge in [0.05, 0.1) is 5.56 Å². The first-order valence-electron chi connectivity index (χ1n) is 11.7. The van der Waals surface area contributed by atoms with Gasteiger partial charge in [0.15, 0.2) is 0 Å². The van der Waals surface area contributed by atoms with E-state index in [9.17, 15) is 14.4 Å². The van der Waals surface area contributed by atoms with Crippen molar-refractivity contribution in [1.29, 1.82) is 0 Å². The van der Waals surface area contributed by atoms with Crippen LogP contribution in [-0.2, 0) is 14.3 Å². The summed E-state index contributed by atoms with van der Waals surface area (Å²) in [6.07, 6.45) is 3.65. The number of amides is 2. The number of nitrogens with zero attached hydrogens (tertiary/aromatic N) is 2. The fourth-order valence-corrected chi connectivity index (χ4v) is 4.53. The highest BCUT2D eigenvalue weighted by molar-refractivity contribution is 5.97. The molecule has 2 fully saturated rings. The third-order valence-corrected chi connectivity index (χ3v) is 6.25. The monoisotopic (exact) mass is 444 g/mol. The lowest BCUT2D eigenvalue weighted by Crippen LogP contribution is -2.44. The molecule has 1 atom stereocenters. The molecule has 0 N–H and O–H groups in total. The quantitative estimate of drug-likeness (QED) is 0.616. The van der Waals surface area contributed by atoms with Gasteiger partial charge in [-0.15, -0.1) is 0 Å². The molecule has 2 amide bonds. The maximum Gasteiger partial charge on any atom is 0.257 e. The van der Waals surface area contributed by atoms with Gasteiger partial charge in [0, 0.05) is 58.5 Å². The van der Waals surface area contributed by atoms with Crippen LogP contribution in [0.2, 0.25) is 0 Å². The third kappa shape index (κ3) is 6.31. The summed E-state index contributed by atoms with van der Waals surface area (Å²) in [5.41, 5.74) is 0.544. The standard InChI is InChI=1S/C25H36N2O5/c1-18(2)15-22(28)19-7-6-12-27(16-19)25(30)21-8-4-5-9-23(21)32-20-10-13-26(14-11-20)24(29)17-31-3/h4-5,8-9,18-20H,6-7,10-17H2,1-3H3. The Balaban J connectivity index is 1.62. The lowest BCUT2D eigenvalue weighted by atomic mass is 9.89. The second-order valence-corrected chi connectivity index (χ2v) is 9.28. The number of ketones is 1. The minimum absolute atomic E-state index is 0.00630. The van der Waals surface area contributed by atoms with E-state index < -0.39 is 0 Å². The Hall–Kier alpha value is -2.41. The molecule has 3 rings (SSSR count). The van der Waals surface area contributed by atoms with Crippen LogP contribution < -0.4 is 4.74 Å². The van der Waals surface area contributed by atoms with Gasteiger partial charge in [-0.05, 0) is 30.9 Å². The SMILES string of the molecule is COCC(=O)N1CCC(Oc2ccccc2C(=O)N2CCCC(C(=O)CC(C)C)C2)CC1. The van der Waals surface area contributed by atoms with Crippen LogP contribution in [0.1, 0.15) is 56.3 Å². The minimum atomic E-state index is -0.0737. The molecule has 1 unspecified atom stereocenters. The van der Waals surface area contributed by atoms with Gasteiger partial charge >= 0.3 is 0 Å². The normalized spacial score (nSPS) is 19.8. The number of carbonyl (C=O) groups is 3. The zero-order valence-corrected chi connectivity index (χ0v) is 19.5. The van der Waals surface area contributed by atoms with Gasteiger partial charge in [-0.3, -0.25) is 14.4 Å². The number of hydrogen-bond acceptors (Lipinski definition) is 5. The molecule has 0 bridgehead atoms. The molecule has 176 valence electrons. The van der Waals surface area contributed by atoms with E-state index in [0.717, 1.165) is 12.8 Å². The number of Topliss-reactive ketones (excluding diaryl/α,β-unsaturated/α-hetero) is 1. The van der Waals surface area contributed by atoms with E-state index in [1.54, 1.807) is 15.9 Å². The number of rotatable bonds is 8. The van der Waals surface area contributed by atoms with Gasteiger partial charge in [0.25, 0.3) is 5.91 Å². The topological polar surface area (TPSA) is 76.2 Å². The first-order valence-corrected chi connectivity index (χ1v) is 11.7. The summed E-state index contributed by atoms with van der Waals surface area (Å²) in [6.45, 7) is 6.59. The molecule has 0 aliphatic carbocycles. The Morgan fingerprint density at radius 2 is 1.75 bits per heavy atom. The molecule has 32 heavy (non-hydrogen) atoms. The summed E-state index contributed by atoms with van der Waals surface area (Å²) in [5, 5.41) is 0. The van der Waals surface area contributed by atoms with Crippen molar-refractivity contribution in [3.63, 3.8) is 0 Å². The number of benzene rings is 1. The highest BCUT2D eigenvalue weighted by Crippen LogP contribution is 2.27. The van der Waals surface area contributed by atoms with Crippen LogP contribution >= 0.6 is 0 Å². The lowest BCUT2D eigenvalue weighted by molar-refractivity contribution is -0.136.